The molecular formula is C7H8N2O5. The van der Waals surface area contributed by atoms with E-state index in [1.165, 1.54) is 12.3 Å². The topological polar surface area (TPSA) is 99.4 Å². The molecule has 1 rings (SSSR count). The molecule has 0 radical (unpaired) electrons. The molecule has 76 valence electrons. The summed E-state index contributed by atoms with van der Waals surface area (Å²) >= 11 is 0. The molecule has 0 aliphatic rings. The van der Waals surface area contributed by atoms with Gasteiger partial charge in [0.1, 0.15) is 11.7 Å². The van der Waals surface area contributed by atoms with Gasteiger partial charge in [0.2, 0.25) is 13.1 Å². The zero-order valence-electron chi connectivity index (χ0n) is 7.16. The summed E-state index contributed by atoms with van der Waals surface area (Å²) in [5.41, 5.74) is 0. The van der Waals surface area contributed by atoms with Gasteiger partial charge in [0, 0.05) is 9.85 Å². The van der Waals surface area contributed by atoms with Crippen molar-refractivity contribution in [2.75, 3.05) is 13.1 Å². The summed E-state index contributed by atoms with van der Waals surface area (Å²) in [5.74, 6) is -0.520. The van der Waals surface area contributed by atoms with Crippen molar-refractivity contribution in [3.05, 3.63) is 44.4 Å². The van der Waals surface area contributed by atoms with Crippen molar-refractivity contribution in [1.82, 2.24) is 0 Å². The maximum atomic E-state index is 10.2. The van der Waals surface area contributed by atoms with Gasteiger partial charge < -0.3 is 4.42 Å². The lowest BCUT2D eigenvalue weighted by molar-refractivity contribution is -0.516. The lowest BCUT2D eigenvalue weighted by Gasteiger charge is -2.03. The number of nitro groups is 2. The molecular weight excluding hydrogens is 192 g/mol. The van der Waals surface area contributed by atoms with E-state index in [2.05, 4.69) is 0 Å². The first-order valence-electron chi connectivity index (χ1n) is 3.86. The van der Waals surface area contributed by atoms with Crippen molar-refractivity contribution < 1.29 is 14.3 Å². The standard InChI is InChI=1S/C7H8N2O5/c10-8(11)4-6(5-9(12)13)7-2-1-3-14-7/h1-3,6H,4-5H2. The molecule has 0 saturated carbocycles. The van der Waals surface area contributed by atoms with Crippen molar-refractivity contribution >= 4 is 0 Å². The molecule has 1 aromatic rings. The summed E-state index contributed by atoms with van der Waals surface area (Å²) < 4.78 is 4.89. The highest BCUT2D eigenvalue weighted by molar-refractivity contribution is 5.05. The van der Waals surface area contributed by atoms with E-state index in [9.17, 15) is 20.2 Å². The molecule has 0 aliphatic heterocycles. The van der Waals surface area contributed by atoms with E-state index in [1.807, 2.05) is 0 Å². The molecule has 0 amide bonds. The number of rotatable bonds is 5. The Balaban J connectivity index is 2.71. The molecule has 0 saturated heterocycles. The number of nitrogens with zero attached hydrogens (tertiary/aromatic N) is 2. The summed E-state index contributed by atoms with van der Waals surface area (Å²) in [6, 6.07) is 3.04. The Morgan fingerprint density at radius 1 is 1.29 bits per heavy atom. The Morgan fingerprint density at radius 2 is 1.86 bits per heavy atom. The third kappa shape index (κ3) is 2.85. The maximum absolute atomic E-state index is 10.2. The summed E-state index contributed by atoms with van der Waals surface area (Å²) in [6.07, 6.45) is 1.34. The normalized spacial score (nSPS) is 10.4. The lowest BCUT2D eigenvalue weighted by Crippen LogP contribution is -2.20. The molecule has 14 heavy (non-hydrogen) atoms. The molecule has 1 heterocycles. The van der Waals surface area contributed by atoms with Crippen LogP contribution in [0.25, 0.3) is 0 Å². The minimum Gasteiger partial charge on any atom is -0.469 e. The maximum Gasteiger partial charge on any atom is 0.220 e. The monoisotopic (exact) mass is 200 g/mol. The van der Waals surface area contributed by atoms with E-state index in [0.717, 1.165) is 0 Å². The van der Waals surface area contributed by atoms with Crippen LogP contribution >= 0.6 is 0 Å². The van der Waals surface area contributed by atoms with E-state index in [4.69, 9.17) is 4.42 Å². The fourth-order valence-corrected chi connectivity index (χ4v) is 1.12. The summed E-state index contributed by atoms with van der Waals surface area (Å²) in [5, 5.41) is 20.5. The van der Waals surface area contributed by atoms with Crippen LogP contribution in [0.15, 0.2) is 22.8 Å². The minimum atomic E-state index is -0.796. The van der Waals surface area contributed by atoms with E-state index in [-0.39, 0.29) is 5.76 Å². The molecule has 0 unspecified atom stereocenters. The summed E-state index contributed by atoms with van der Waals surface area (Å²) in [4.78, 5) is 19.3. The average Bonchev–Trinajstić information content (AvgIpc) is 2.52. The van der Waals surface area contributed by atoms with E-state index in [0.29, 0.717) is 0 Å². The van der Waals surface area contributed by atoms with Crippen LogP contribution in [0.4, 0.5) is 0 Å². The number of hydrogen-bond acceptors (Lipinski definition) is 5. The van der Waals surface area contributed by atoms with Crippen molar-refractivity contribution in [1.29, 1.82) is 0 Å². The molecule has 7 nitrogen and oxygen atoms in total. The van der Waals surface area contributed by atoms with Gasteiger partial charge in [0.25, 0.3) is 0 Å². The second kappa shape index (κ2) is 4.35. The van der Waals surface area contributed by atoms with Gasteiger partial charge in [-0.3, -0.25) is 20.2 Å². The molecule has 0 N–H and O–H groups in total. The van der Waals surface area contributed by atoms with Crippen LogP contribution in [-0.2, 0) is 0 Å². The molecule has 0 aromatic carbocycles. The fraction of sp³-hybridized carbons (Fsp3) is 0.429. The third-order valence-corrected chi connectivity index (χ3v) is 1.68. The first-order chi connectivity index (χ1) is 6.59. The fourth-order valence-electron chi connectivity index (χ4n) is 1.12. The van der Waals surface area contributed by atoms with E-state index < -0.39 is 28.9 Å². The highest BCUT2D eigenvalue weighted by Gasteiger charge is 2.25. The van der Waals surface area contributed by atoms with Crippen LogP contribution in [0.5, 0.6) is 0 Å². The van der Waals surface area contributed by atoms with Crippen molar-refractivity contribution in [2.45, 2.75) is 5.92 Å². The van der Waals surface area contributed by atoms with Crippen LogP contribution in [0, 0.1) is 20.2 Å². The first-order valence-corrected chi connectivity index (χ1v) is 3.86. The lowest BCUT2D eigenvalue weighted by atomic mass is 10.1. The molecule has 1 aromatic heterocycles. The Bertz CT molecular complexity index is 305. The van der Waals surface area contributed by atoms with Gasteiger partial charge in [0.15, 0.2) is 0 Å². The van der Waals surface area contributed by atoms with E-state index >= 15 is 0 Å². The number of furan rings is 1. The van der Waals surface area contributed by atoms with Gasteiger partial charge in [-0.05, 0) is 12.1 Å². The summed E-state index contributed by atoms with van der Waals surface area (Å²) in [7, 11) is 0. The van der Waals surface area contributed by atoms with Gasteiger partial charge in [-0.15, -0.1) is 0 Å². The van der Waals surface area contributed by atoms with Gasteiger partial charge in [-0.2, -0.15) is 0 Å². The second-order valence-electron chi connectivity index (χ2n) is 2.74. The van der Waals surface area contributed by atoms with Crippen LogP contribution in [0.1, 0.15) is 11.7 Å². The SMILES string of the molecule is O=[N+]([O-])CC(C[N+](=O)[O-])c1ccco1. The average molecular weight is 200 g/mol. The molecule has 0 fully saturated rings. The first kappa shape index (κ1) is 10.2. The quantitative estimate of drug-likeness (QED) is 0.519. The molecule has 7 heteroatoms. The van der Waals surface area contributed by atoms with Gasteiger partial charge in [0.05, 0.1) is 6.26 Å². The van der Waals surface area contributed by atoms with Crippen molar-refractivity contribution in [3.8, 4) is 0 Å². The molecule has 0 atom stereocenters. The third-order valence-electron chi connectivity index (χ3n) is 1.68. The van der Waals surface area contributed by atoms with Crippen LogP contribution in [0.2, 0.25) is 0 Å². The second-order valence-corrected chi connectivity index (χ2v) is 2.74. The van der Waals surface area contributed by atoms with E-state index in [1.54, 1.807) is 6.07 Å². The van der Waals surface area contributed by atoms with Crippen molar-refractivity contribution in [2.24, 2.45) is 0 Å². The Labute approximate surface area is 78.6 Å². The zero-order valence-corrected chi connectivity index (χ0v) is 7.16. The Morgan fingerprint density at radius 3 is 2.21 bits per heavy atom. The predicted molar refractivity (Wildman–Crippen MR) is 45.2 cm³/mol. The van der Waals surface area contributed by atoms with Crippen LogP contribution in [-0.4, -0.2) is 22.9 Å². The largest absolute Gasteiger partial charge is 0.469 e. The van der Waals surface area contributed by atoms with Crippen LogP contribution in [0.3, 0.4) is 0 Å². The zero-order chi connectivity index (χ0) is 10.6. The highest BCUT2D eigenvalue weighted by atomic mass is 16.6. The summed E-state index contributed by atoms with van der Waals surface area (Å²) in [6.45, 7) is -0.983. The van der Waals surface area contributed by atoms with Gasteiger partial charge >= 0.3 is 0 Å². The Kier molecular flexibility index (Phi) is 3.16. The molecule has 0 spiro atoms. The smallest absolute Gasteiger partial charge is 0.220 e. The van der Waals surface area contributed by atoms with Gasteiger partial charge in [-0.1, -0.05) is 0 Å². The van der Waals surface area contributed by atoms with Crippen LogP contribution < -0.4 is 0 Å². The Hall–Kier alpha value is -1.92. The van der Waals surface area contributed by atoms with Gasteiger partial charge in [-0.25, -0.2) is 0 Å². The number of hydrogen-bond donors (Lipinski definition) is 0. The predicted octanol–water partition coefficient (Wildman–Crippen LogP) is 0.917. The molecule has 0 bridgehead atoms. The molecule has 0 aliphatic carbocycles. The minimum absolute atomic E-state index is 0.276. The highest BCUT2D eigenvalue weighted by Crippen LogP contribution is 2.16. The van der Waals surface area contributed by atoms with Crippen molar-refractivity contribution in [3.63, 3.8) is 0 Å².